The molecule has 0 radical (unpaired) electrons. The minimum Gasteiger partial charge on any atom is -0.461 e. The van der Waals surface area contributed by atoms with Gasteiger partial charge in [0, 0.05) is 5.69 Å². The van der Waals surface area contributed by atoms with Gasteiger partial charge in [0.05, 0.1) is 18.3 Å². The van der Waals surface area contributed by atoms with Crippen molar-refractivity contribution in [2.75, 3.05) is 17.3 Å². The minimum atomic E-state index is -3.67. The van der Waals surface area contributed by atoms with E-state index in [1.54, 1.807) is 36.4 Å². The largest absolute Gasteiger partial charge is 0.461 e. The Morgan fingerprint density at radius 1 is 1.20 bits per heavy atom. The van der Waals surface area contributed by atoms with Gasteiger partial charge in [-0.25, -0.2) is 8.42 Å². The number of carbonyl (C=O) groups excluding carboxylic acids is 1. The van der Waals surface area contributed by atoms with Gasteiger partial charge in [0.15, 0.2) is 5.76 Å². The Labute approximate surface area is 148 Å². The molecule has 1 aromatic carbocycles. The maximum Gasteiger partial charge on any atom is 0.239 e. The highest BCUT2D eigenvalue weighted by Crippen LogP contribution is 2.25. The lowest BCUT2D eigenvalue weighted by Gasteiger charge is -2.07. The van der Waals surface area contributed by atoms with Crippen LogP contribution in [0, 0.1) is 0 Å². The number of carbonyl (C=O) groups is 1. The first-order valence-electron chi connectivity index (χ1n) is 7.12. The van der Waals surface area contributed by atoms with Crippen LogP contribution in [-0.2, 0) is 14.8 Å². The van der Waals surface area contributed by atoms with Crippen LogP contribution in [0.1, 0.15) is 0 Å². The second-order valence-electron chi connectivity index (χ2n) is 5.01. The summed E-state index contributed by atoms with van der Waals surface area (Å²) in [5.41, 5.74) is 0.661. The standard InChI is InChI=1S/C15H14N4O4S2/c1-25(21,22)19-14(12-8-5-9-23-12)17-18-15(19)24-10-13(20)16-11-6-3-2-4-7-11/h2-9H,10H2,1H3,(H,16,20). The van der Waals surface area contributed by atoms with Gasteiger partial charge in [-0.3, -0.25) is 4.79 Å². The van der Waals surface area contributed by atoms with Gasteiger partial charge in [0.1, 0.15) is 0 Å². The van der Waals surface area contributed by atoms with E-state index in [2.05, 4.69) is 15.5 Å². The van der Waals surface area contributed by atoms with Gasteiger partial charge in [-0.2, -0.15) is 3.97 Å². The second kappa shape index (κ2) is 7.11. The van der Waals surface area contributed by atoms with Crippen molar-refractivity contribution >= 4 is 33.4 Å². The summed E-state index contributed by atoms with van der Waals surface area (Å²) in [7, 11) is -3.67. The summed E-state index contributed by atoms with van der Waals surface area (Å²) in [6, 6.07) is 12.2. The Kier molecular flexibility index (Phi) is 4.91. The molecular weight excluding hydrogens is 364 g/mol. The van der Waals surface area contributed by atoms with Gasteiger partial charge in [0.25, 0.3) is 0 Å². The third-order valence-corrected chi connectivity index (χ3v) is 5.11. The molecule has 1 N–H and O–H groups in total. The van der Waals surface area contributed by atoms with Crippen molar-refractivity contribution in [1.29, 1.82) is 0 Å². The number of anilines is 1. The van der Waals surface area contributed by atoms with Crippen molar-refractivity contribution in [3.05, 3.63) is 48.7 Å². The lowest BCUT2D eigenvalue weighted by atomic mass is 10.3. The number of hydrogen-bond acceptors (Lipinski definition) is 7. The van der Waals surface area contributed by atoms with Gasteiger partial charge in [-0.15, -0.1) is 10.2 Å². The fraction of sp³-hybridized carbons (Fsp3) is 0.133. The molecular formula is C15H14N4O4S2. The zero-order valence-electron chi connectivity index (χ0n) is 13.1. The van der Waals surface area contributed by atoms with Gasteiger partial charge in [0.2, 0.25) is 26.9 Å². The predicted octanol–water partition coefficient (Wildman–Crippen LogP) is 2.08. The number of thioether (sulfide) groups is 1. The molecule has 0 atom stereocenters. The molecule has 0 saturated heterocycles. The van der Waals surface area contributed by atoms with E-state index in [-0.39, 0.29) is 28.4 Å². The summed E-state index contributed by atoms with van der Waals surface area (Å²) in [6.45, 7) is 0. The molecule has 0 saturated carbocycles. The second-order valence-corrected chi connectivity index (χ2v) is 7.79. The van der Waals surface area contributed by atoms with Crippen molar-refractivity contribution in [2.24, 2.45) is 0 Å². The molecule has 0 unspecified atom stereocenters. The molecule has 0 fully saturated rings. The number of aromatic nitrogens is 3. The highest BCUT2D eigenvalue weighted by molar-refractivity contribution is 8.00. The number of nitrogens with zero attached hydrogens (tertiary/aromatic N) is 3. The van der Waals surface area contributed by atoms with Gasteiger partial charge >= 0.3 is 0 Å². The van der Waals surface area contributed by atoms with Crippen LogP contribution in [0.3, 0.4) is 0 Å². The number of nitrogens with one attached hydrogen (secondary N) is 1. The number of benzene rings is 1. The van der Waals surface area contributed by atoms with Crippen LogP contribution in [0.4, 0.5) is 5.69 Å². The van der Waals surface area contributed by atoms with E-state index in [0.717, 1.165) is 22.0 Å². The van der Waals surface area contributed by atoms with Crippen LogP contribution < -0.4 is 5.32 Å². The average Bonchev–Trinajstić information content (AvgIpc) is 3.22. The van der Waals surface area contributed by atoms with Crippen molar-refractivity contribution in [1.82, 2.24) is 14.2 Å². The zero-order valence-corrected chi connectivity index (χ0v) is 14.8. The molecule has 0 spiro atoms. The van der Waals surface area contributed by atoms with E-state index >= 15 is 0 Å². The van der Waals surface area contributed by atoms with Crippen LogP contribution in [0.2, 0.25) is 0 Å². The lowest BCUT2D eigenvalue weighted by Crippen LogP contribution is -2.16. The van der Waals surface area contributed by atoms with E-state index in [9.17, 15) is 13.2 Å². The van der Waals surface area contributed by atoms with Crippen molar-refractivity contribution in [3.8, 4) is 11.6 Å². The van der Waals surface area contributed by atoms with Crippen molar-refractivity contribution < 1.29 is 17.6 Å². The third kappa shape index (κ3) is 4.09. The quantitative estimate of drug-likeness (QED) is 0.654. The summed E-state index contributed by atoms with van der Waals surface area (Å²) in [6.07, 6.45) is 2.45. The first kappa shape index (κ1) is 17.2. The highest BCUT2D eigenvalue weighted by atomic mass is 32.2. The Bertz CT molecular complexity index is 966. The first-order chi connectivity index (χ1) is 11.9. The topological polar surface area (TPSA) is 107 Å². The molecule has 2 heterocycles. The molecule has 3 rings (SSSR count). The molecule has 130 valence electrons. The van der Waals surface area contributed by atoms with Gasteiger partial charge in [-0.05, 0) is 24.3 Å². The lowest BCUT2D eigenvalue weighted by molar-refractivity contribution is -0.113. The number of furan rings is 1. The summed E-state index contributed by atoms with van der Waals surface area (Å²) in [4.78, 5) is 12.0. The van der Waals surface area contributed by atoms with Crippen LogP contribution in [0.5, 0.6) is 0 Å². The molecule has 0 bridgehead atoms. The monoisotopic (exact) mass is 378 g/mol. The third-order valence-electron chi connectivity index (χ3n) is 3.06. The van der Waals surface area contributed by atoms with Gasteiger partial charge in [-0.1, -0.05) is 30.0 Å². The summed E-state index contributed by atoms with van der Waals surface area (Å²) >= 11 is 0.976. The van der Waals surface area contributed by atoms with Gasteiger partial charge < -0.3 is 9.73 Å². The Morgan fingerprint density at radius 2 is 1.96 bits per heavy atom. The highest BCUT2D eigenvalue weighted by Gasteiger charge is 2.23. The minimum absolute atomic E-state index is 0.0132. The Balaban J connectivity index is 1.78. The fourth-order valence-electron chi connectivity index (χ4n) is 2.05. The zero-order chi connectivity index (χ0) is 17.9. The SMILES string of the molecule is CS(=O)(=O)n1c(SCC(=O)Nc2ccccc2)nnc1-c1ccco1. The molecule has 0 aliphatic heterocycles. The smallest absolute Gasteiger partial charge is 0.239 e. The van der Waals surface area contributed by atoms with E-state index < -0.39 is 10.0 Å². The summed E-state index contributed by atoms with van der Waals surface area (Å²) in [5, 5.41) is 10.6. The number of para-hydroxylation sites is 1. The number of amides is 1. The molecule has 8 nitrogen and oxygen atoms in total. The molecule has 0 aliphatic rings. The summed E-state index contributed by atoms with van der Waals surface area (Å²) < 4.78 is 30.3. The molecule has 10 heteroatoms. The summed E-state index contributed by atoms with van der Waals surface area (Å²) in [5.74, 6) is 0.0523. The Morgan fingerprint density at radius 3 is 2.60 bits per heavy atom. The van der Waals surface area contributed by atoms with E-state index in [0.29, 0.717) is 5.69 Å². The maximum absolute atomic E-state index is 12.1. The molecule has 0 aliphatic carbocycles. The number of rotatable bonds is 6. The molecule has 3 aromatic rings. The molecule has 25 heavy (non-hydrogen) atoms. The average molecular weight is 378 g/mol. The van der Waals surface area contributed by atoms with Crippen LogP contribution >= 0.6 is 11.8 Å². The van der Waals surface area contributed by atoms with E-state index in [1.165, 1.54) is 6.26 Å². The number of hydrogen-bond donors (Lipinski definition) is 1. The van der Waals surface area contributed by atoms with Crippen LogP contribution in [0.15, 0.2) is 58.3 Å². The molecule has 1 amide bonds. The van der Waals surface area contributed by atoms with Crippen LogP contribution in [0.25, 0.3) is 11.6 Å². The maximum atomic E-state index is 12.1. The van der Waals surface area contributed by atoms with E-state index in [4.69, 9.17) is 4.42 Å². The predicted molar refractivity (Wildman–Crippen MR) is 93.8 cm³/mol. The fourth-order valence-corrected chi connectivity index (χ4v) is 4.01. The van der Waals surface area contributed by atoms with Crippen LogP contribution in [-0.4, -0.2) is 40.5 Å². The van der Waals surface area contributed by atoms with Crippen molar-refractivity contribution in [3.63, 3.8) is 0 Å². The normalized spacial score (nSPS) is 11.4. The Hall–Kier alpha value is -2.59. The molecule has 2 aromatic heterocycles. The van der Waals surface area contributed by atoms with E-state index in [1.807, 2.05) is 6.07 Å². The van der Waals surface area contributed by atoms with Crippen molar-refractivity contribution in [2.45, 2.75) is 5.16 Å². The first-order valence-corrected chi connectivity index (χ1v) is 9.96.